The van der Waals surface area contributed by atoms with Crippen molar-refractivity contribution in [1.82, 2.24) is 0 Å². The van der Waals surface area contributed by atoms with Crippen LogP contribution in [0, 0.1) is 6.92 Å². The molecule has 0 aliphatic carbocycles. The van der Waals surface area contributed by atoms with Crippen LogP contribution in [0.4, 0.5) is 0 Å². The second kappa shape index (κ2) is 3.92. The number of fused-ring (bicyclic) bond motifs is 1. The van der Waals surface area contributed by atoms with E-state index in [1.54, 1.807) is 11.3 Å². The lowest BCUT2D eigenvalue weighted by atomic mass is 10.0. The predicted molar refractivity (Wildman–Crippen MR) is 65.5 cm³/mol. The summed E-state index contributed by atoms with van der Waals surface area (Å²) in [6, 6.07) is 4.47. The van der Waals surface area contributed by atoms with Gasteiger partial charge in [-0.3, -0.25) is 0 Å². The third kappa shape index (κ3) is 1.45. The molecule has 0 spiro atoms. The molecule has 14 heavy (non-hydrogen) atoms. The van der Waals surface area contributed by atoms with E-state index in [4.69, 9.17) is 11.6 Å². The molecule has 0 unspecified atom stereocenters. The van der Waals surface area contributed by atoms with E-state index in [2.05, 4.69) is 31.4 Å². The van der Waals surface area contributed by atoms with Crippen LogP contribution in [0.5, 0.6) is 0 Å². The Balaban J connectivity index is 2.81. The number of thiophene rings is 1. The van der Waals surface area contributed by atoms with Gasteiger partial charge in [-0.05, 0) is 46.9 Å². The van der Waals surface area contributed by atoms with Gasteiger partial charge in [-0.15, -0.1) is 22.9 Å². The Kier molecular flexibility index (Phi) is 2.80. The molecule has 0 amide bonds. The van der Waals surface area contributed by atoms with Crippen LogP contribution < -0.4 is 0 Å². The van der Waals surface area contributed by atoms with Crippen LogP contribution in [0.3, 0.4) is 0 Å². The van der Waals surface area contributed by atoms with Crippen molar-refractivity contribution in [2.24, 2.45) is 0 Å². The third-order valence-electron chi connectivity index (χ3n) is 2.67. The van der Waals surface area contributed by atoms with Gasteiger partial charge < -0.3 is 0 Å². The van der Waals surface area contributed by atoms with Gasteiger partial charge in [0.2, 0.25) is 0 Å². The number of rotatable bonds is 2. The van der Waals surface area contributed by atoms with Crippen LogP contribution in [0.1, 0.15) is 23.6 Å². The zero-order valence-electron chi connectivity index (χ0n) is 8.43. The van der Waals surface area contributed by atoms with Gasteiger partial charge in [-0.1, -0.05) is 13.0 Å². The van der Waals surface area contributed by atoms with Gasteiger partial charge in [0.05, 0.1) is 0 Å². The van der Waals surface area contributed by atoms with Crippen LogP contribution in [0.15, 0.2) is 17.5 Å². The van der Waals surface area contributed by atoms with Crippen molar-refractivity contribution in [2.45, 2.75) is 26.1 Å². The van der Waals surface area contributed by atoms with Crippen molar-refractivity contribution >= 4 is 33.0 Å². The molecule has 0 atom stereocenters. The monoisotopic (exact) mass is 224 g/mol. The van der Waals surface area contributed by atoms with E-state index < -0.39 is 0 Å². The van der Waals surface area contributed by atoms with E-state index in [0.717, 1.165) is 6.42 Å². The quantitative estimate of drug-likeness (QED) is 0.659. The first-order valence-corrected chi connectivity index (χ1v) is 6.23. The van der Waals surface area contributed by atoms with E-state index in [-0.39, 0.29) is 0 Å². The molecule has 1 aromatic heterocycles. The zero-order valence-corrected chi connectivity index (χ0v) is 10.0. The molecule has 0 saturated carbocycles. The first kappa shape index (κ1) is 10.0. The molecule has 2 aromatic rings. The Bertz CT molecular complexity index is 457. The lowest BCUT2D eigenvalue weighted by molar-refractivity contribution is 1.15. The Labute approximate surface area is 93.5 Å². The summed E-state index contributed by atoms with van der Waals surface area (Å²) in [5.74, 6) is 0.618. The highest BCUT2D eigenvalue weighted by Gasteiger charge is 2.08. The van der Waals surface area contributed by atoms with Crippen LogP contribution >= 0.6 is 22.9 Å². The second-order valence-corrected chi connectivity index (χ2v) is 4.67. The minimum Gasteiger partial charge on any atom is -0.143 e. The zero-order chi connectivity index (χ0) is 10.1. The number of benzene rings is 1. The largest absolute Gasteiger partial charge is 0.143 e. The SMILES string of the molecule is CCc1cc(C)c(CCl)c2sccc12. The summed E-state index contributed by atoms with van der Waals surface area (Å²) < 4.78 is 1.37. The van der Waals surface area contributed by atoms with Crippen LogP contribution in [0.2, 0.25) is 0 Å². The highest BCUT2D eigenvalue weighted by Crippen LogP contribution is 2.31. The van der Waals surface area contributed by atoms with E-state index in [0.29, 0.717) is 5.88 Å². The van der Waals surface area contributed by atoms with Gasteiger partial charge in [0.15, 0.2) is 0 Å². The lowest BCUT2D eigenvalue weighted by Crippen LogP contribution is -1.90. The molecule has 0 fully saturated rings. The minimum atomic E-state index is 0.618. The molecule has 0 nitrogen and oxygen atoms in total. The van der Waals surface area contributed by atoms with Crippen molar-refractivity contribution < 1.29 is 0 Å². The summed E-state index contributed by atoms with van der Waals surface area (Å²) >= 11 is 7.77. The maximum atomic E-state index is 5.97. The Morgan fingerprint density at radius 2 is 2.21 bits per heavy atom. The fourth-order valence-electron chi connectivity index (χ4n) is 1.86. The lowest BCUT2D eigenvalue weighted by Gasteiger charge is -2.07. The fourth-order valence-corrected chi connectivity index (χ4v) is 3.33. The van der Waals surface area contributed by atoms with Crippen molar-refractivity contribution in [3.63, 3.8) is 0 Å². The minimum absolute atomic E-state index is 0.618. The fraction of sp³-hybridized carbons (Fsp3) is 0.333. The third-order valence-corrected chi connectivity index (χ3v) is 3.91. The molecule has 0 N–H and O–H groups in total. The van der Waals surface area contributed by atoms with Crippen molar-refractivity contribution in [3.8, 4) is 0 Å². The molecule has 0 bridgehead atoms. The van der Waals surface area contributed by atoms with E-state index in [9.17, 15) is 0 Å². The Hall–Kier alpha value is -0.530. The Morgan fingerprint density at radius 1 is 1.43 bits per heavy atom. The molecule has 2 heteroatoms. The summed E-state index contributed by atoms with van der Waals surface area (Å²) in [5, 5.41) is 3.54. The highest BCUT2D eigenvalue weighted by atomic mass is 35.5. The summed E-state index contributed by atoms with van der Waals surface area (Å²) in [5.41, 5.74) is 4.06. The van der Waals surface area contributed by atoms with Crippen LogP contribution in [-0.2, 0) is 12.3 Å². The molecule has 0 radical (unpaired) electrons. The maximum Gasteiger partial charge on any atom is 0.0490 e. The van der Waals surface area contributed by atoms with E-state index >= 15 is 0 Å². The molecular formula is C12H13ClS. The normalized spacial score (nSPS) is 11.1. The highest BCUT2D eigenvalue weighted by molar-refractivity contribution is 7.17. The van der Waals surface area contributed by atoms with Gasteiger partial charge in [0.1, 0.15) is 0 Å². The molecule has 1 aromatic carbocycles. The number of hydrogen-bond acceptors (Lipinski definition) is 1. The van der Waals surface area contributed by atoms with Gasteiger partial charge >= 0.3 is 0 Å². The Morgan fingerprint density at radius 3 is 2.86 bits per heavy atom. The average Bonchev–Trinajstić information content (AvgIpc) is 2.65. The van der Waals surface area contributed by atoms with Crippen LogP contribution in [-0.4, -0.2) is 0 Å². The van der Waals surface area contributed by atoms with E-state index in [1.807, 2.05) is 0 Å². The standard InChI is InChI=1S/C12H13ClS/c1-3-9-6-8(2)11(7-13)12-10(9)4-5-14-12/h4-6H,3,7H2,1-2H3. The van der Waals surface area contributed by atoms with Gasteiger partial charge in [0, 0.05) is 10.6 Å². The van der Waals surface area contributed by atoms with Crippen molar-refractivity contribution in [3.05, 3.63) is 34.2 Å². The number of alkyl halides is 1. The first-order valence-electron chi connectivity index (χ1n) is 4.82. The van der Waals surface area contributed by atoms with Crippen molar-refractivity contribution in [1.29, 1.82) is 0 Å². The molecule has 1 heterocycles. The molecule has 0 aliphatic rings. The molecule has 0 saturated heterocycles. The van der Waals surface area contributed by atoms with Gasteiger partial charge in [-0.25, -0.2) is 0 Å². The van der Waals surface area contributed by atoms with Gasteiger partial charge in [-0.2, -0.15) is 0 Å². The summed E-state index contributed by atoms with van der Waals surface area (Å²) in [6.07, 6.45) is 1.09. The van der Waals surface area contributed by atoms with Crippen LogP contribution in [0.25, 0.3) is 10.1 Å². The number of halogens is 1. The second-order valence-electron chi connectivity index (χ2n) is 3.48. The predicted octanol–water partition coefficient (Wildman–Crippen LogP) is 4.51. The summed E-state index contributed by atoms with van der Waals surface area (Å²) in [4.78, 5) is 0. The number of aryl methyl sites for hydroxylation is 2. The van der Waals surface area contributed by atoms with Crippen molar-refractivity contribution in [2.75, 3.05) is 0 Å². The topological polar surface area (TPSA) is 0 Å². The molecule has 2 rings (SSSR count). The smallest absolute Gasteiger partial charge is 0.0490 e. The molecular weight excluding hydrogens is 212 g/mol. The summed E-state index contributed by atoms with van der Waals surface area (Å²) in [6.45, 7) is 4.35. The molecule has 0 aliphatic heterocycles. The van der Waals surface area contributed by atoms with E-state index in [1.165, 1.54) is 26.8 Å². The summed E-state index contributed by atoms with van der Waals surface area (Å²) in [7, 11) is 0. The molecule has 74 valence electrons. The average molecular weight is 225 g/mol. The first-order chi connectivity index (χ1) is 6.77. The van der Waals surface area contributed by atoms with Gasteiger partial charge in [0.25, 0.3) is 0 Å². The maximum absolute atomic E-state index is 5.97. The number of hydrogen-bond donors (Lipinski definition) is 0.